The summed E-state index contributed by atoms with van der Waals surface area (Å²) in [7, 11) is 0. The van der Waals surface area contributed by atoms with Gasteiger partial charge in [-0.25, -0.2) is 0 Å². The molecule has 37 heavy (non-hydrogen) atoms. The number of hydrogen-bond donors (Lipinski definition) is 3. The van der Waals surface area contributed by atoms with Crippen LogP contribution in [0.4, 0.5) is 0 Å². The van der Waals surface area contributed by atoms with Gasteiger partial charge in [-0.05, 0) is 74.5 Å². The molecule has 2 saturated carbocycles. The van der Waals surface area contributed by atoms with Gasteiger partial charge in [0.25, 0.3) is 5.91 Å². The molecule has 1 aromatic carbocycles. The first kappa shape index (κ1) is 25.1. The first-order chi connectivity index (χ1) is 18.0. The summed E-state index contributed by atoms with van der Waals surface area (Å²) in [5.74, 6) is 1.66. The third-order valence-corrected chi connectivity index (χ3v) is 9.06. The molecule has 3 aliphatic heterocycles. The Labute approximate surface area is 219 Å². The van der Waals surface area contributed by atoms with Crippen molar-refractivity contribution in [1.82, 2.24) is 15.5 Å². The van der Waals surface area contributed by atoms with Crippen molar-refractivity contribution in [2.24, 2.45) is 5.92 Å². The van der Waals surface area contributed by atoms with Gasteiger partial charge < -0.3 is 25.2 Å². The highest BCUT2D eigenvalue weighted by Crippen LogP contribution is 2.37. The zero-order valence-corrected chi connectivity index (χ0v) is 21.7. The minimum Gasteiger partial charge on any atom is -0.493 e. The molecule has 5 atom stereocenters. The number of hydrogen-bond acceptors (Lipinski definition) is 6. The summed E-state index contributed by atoms with van der Waals surface area (Å²) in [6.45, 7) is 2.30. The molecule has 1 aromatic rings. The van der Waals surface area contributed by atoms with E-state index < -0.39 is 12.2 Å². The summed E-state index contributed by atoms with van der Waals surface area (Å²) in [5, 5.41) is 16.8. The van der Waals surface area contributed by atoms with Crippen LogP contribution >= 0.6 is 0 Å². The maximum absolute atomic E-state index is 13.5. The van der Waals surface area contributed by atoms with Crippen LogP contribution in [0.3, 0.4) is 0 Å². The Morgan fingerprint density at radius 1 is 1.03 bits per heavy atom. The summed E-state index contributed by atoms with van der Waals surface area (Å²) >= 11 is 0. The number of nitrogens with zero attached hydrogens (tertiary/aromatic N) is 1. The van der Waals surface area contributed by atoms with Crippen molar-refractivity contribution in [2.75, 3.05) is 26.2 Å². The molecule has 202 valence electrons. The Hall–Kier alpha value is -2.16. The topological polar surface area (TPSA) is 100 Å². The number of aliphatic hydroxyl groups excluding tert-OH is 1. The van der Waals surface area contributed by atoms with Gasteiger partial charge in [0.1, 0.15) is 11.9 Å². The highest BCUT2D eigenvalue weighted by molar-refractivity contribution is 5.97. The van der Waals surface area contributed by atoms with E-state index in [9.17, 15) is 14.7 Å². The number of nitrogens with one attached hydrogen (secondary N) is 2. The quantitative estimate of drug-likeness (QED) is 0.577. The Kier molecular flexibility index (Phi) is 7.41. The molecule has 0 radical (unpaired) electrons. The molecular formula is C29H41N3O5. The van der Waals surface area contributed by atoms with Crippen LogP contribution in [0.1, 0.15) is 86.0 Å². The van der Waals surface area contributed by atoms with Crippen LogP contribution in [0.5, 0.6) is 5.75 Å². The van der Waals surface area contributed by atoms with Crippen LogP contribution < -0.4 is 15.4 Å². The largest absolute Gasteiger partial charge is 0.493 e. The zero-order chi connectivity index (χ0) is 25.4. The van der Waals surface area contributed by atoms with Gasteiger partial charge in [0, 0.05) is 32.1 Å². The van der Waals surface area contributed by atoms with E-state index >= 15 is 0 Å². The van der Waals surface area contributed by atoms with Crippen LogP contribution in [-0.4, -0.2) is 78.5 Å². The maximum atomic E-state index is 13.5. The summed E-state index contributed by atoms with van der Waals surface area (Å²) in [6, 6.07) is 5.71. The number of likely N-dealkylation sites (tertiary alicyclic amines) is 1. The van der Waals surface area contributed by atoms with Gasteiger partial charge in [-0.3, -0.25) is 14.5 Å². The van der Waals surface area contributed by atoms with E-state index in [-0.39, 0.29) is 30.0 Å². The summed E-state index contributed by atoms with van der Waals surface area (Å²) < 4.78 is 12.5. The predicted molar refractivity (Wildman–Crippen MR) is 139 cm³/mol. The second-order valence-corrected chi connectivity index (χ2v) is 11.9. The highest BCUT2D eigenvalue weighted by atomic mass is 16.5. The molecule has 8 heteroatoms. The molecule has 4 fully saturated rings. The highest BCUT2D eigenvalue weighted by Gasteiger charge is 2.41. The first-order valence-corrected chi connectivity index (χ1v) is 14.5. The third kappa shape index (κ3) is 5.81. The molecule has 8 nitrogen and oxygen atoms in total. The Morgan fingerprint density at radius 3 is 2.68 bits per heavy atom. The summed E-state index contributed by atoms with van der Waals surface area (Å²) in [4.78, 5) is 29.0. The fourth-order valence-electron chi connectivity index (χ4n) is 6.70. The minimum absolute atomic E-state index is 0.0349. The molecule has 2 amide bonds. The van der Waals surface area contributed by atoms with Crippen LogP contribution in [0.25, 0.3) is 0 Å². The van der Waals surface area contributed by atoms with Gasteiger partial charge in [0.15, 0.2) is 0 Å². The van der Waals surface area contributed by atoms with Gasteiger partial charge in [0.2, 0.25) is 5.91 Å². The lowest BCUT2D eigenvalue weighted by molar-refractivity contribution is -0.133. The summed E-state index contributed by atoms with van der Waals surface area (Å²) in [6.07, 6.45) is 8.92. The fraction of sp³-hybridized carbons (Fsp3) is 0.724. The van der Waals surface area contributed by atoms with Crippen molar-refractivity contribution in [3.63, 3.8) is 0 Å². The number of benzene rings is 1. The first-order valence-electron chi connectivity index (χ1n) is 14.5. The fourth-order valence-corrected chi connectivity index (χ4v) is 6.70. The van der Waals surface area contributed by atoms with E-state index in [2.05, 4.69) is 27.7 Å². The Bertz CT molecular complexity index is 992. The van der Waals surface area contributed by atoms with Crippen molar-refractivity contribution in [3.05, 3.63) is 29.3 Å². The molecular weight excluding hydrogens is 470 g/mol. The molecule has 2 aliphatic carbocycles. The van der Waals surface area contributed by atoms with Crippen LogP contribution in [0.15, 0.2) is 18.2 Å². The maximum Gasteiger partial charge on any atom is 0.255 e. The lowest BCUT2D eigenvalue weighted by Crippen LogP contribution is -2.50. The van der Waals surface area contributed by atoms with Gasteiger partial charge in [-0.1, -0.05) is 18.9 Å². The third-order valence-electron chi connectivity index (χ3n) is 9.06. The molecule has 3 heterocycles. The minimum atomic E-state index is -0.579. The smallest absolute Gasteiger partial charge is 0.255 e. The van der Waals surface area contributed by atoms with E-state index in [1.807, 2.05) is 6.07 Å². The lowest BCUT2D eigenvalue weighted by Gasteiger charge is -2.34. The molecule has 5 aliphatic rings. The molecule has 0 spiro atoms. The van der Waals surface area contributed by atoms with E-state index in [1.165, 1.54) is 44.1 Å². The average Bonchev–Trinajstić information content (AvgIpc) is 3.36. The van der Waals surface area contributed by atoms with E-state index in [0.29, 0.717) is 62.1 Å². The van der Waals surface area contributed by atoms with Crippen molar-refractivity contribution >= 4 is 11.8 Å². The number of fused-ring (bicyclic) bond motifs is 5. The molecule has 3 N–H and O–H groups in total. The lowest BCUT2D eigenvalue weighted by atomic mass is 9.95. The van der Waals surface area contributed by atoms with Crippen molar-refractivity contribution in [2.45, 2.75) is 101 Å². The second kappa shape index (κ2) is 10.9. The standard InChI is InChI=1S/C29H41N3O5/c33-25-10-8-22-11-12-36-26-13-20(19-3-1-2-4-19)7-9-23(26)28(34)31-21-14-24(29(35)30-15-27(25)37-22)32(17-21)16-18-5-6-18/h7,9,13,18-19,21-22,24-25,27,33H,1-6,8,10-12,14-17H2,(H,30,35)(H,31,34)/t21-,22-,24-,25-,27+/m0/s1. The van der Waals surface area contributed by atoms with Gasteiger partial charge in [-0.15, -0.1) is 0 Å². The van der Waals surface area contributed by atoms with Crippen LogP contribution in [0, 0.1) is 5.92 Å². The molecule has 2 saturated heterocycles. The predicted octanol–water partition coefficient (Wildman–Crippen LogP) is 2.73. The Balaban J connectivity index is 1.26. The second-order valence-electron chi connectivity index (χ2n) is 11.9. The van der Waals surface area contributed by atoms with Crippen molar-refractivity contribution in [3.8, 4) is 5.75 Å². The van der Waals surface area contributed by atoms with Crippen LogP contribution in [-0.2, 0) is 9.53 Å². The number of carbonyl (C=O) groups excluding carboxylic acids is 2. The number of amides is 2. The van der Waals surface area contributed by atoms with E-state index in [4.69, 9.17) is 9.47 Å². The molecule has 0 aromatic heterocycles. The average molecular weight is 512 g/mol. The van der Waals surface area contributed by atoms with E-state index in [0.717, 1.165) is 13.0 Å². The van der Waals surface area contributed by atoms with E-state index in [1.54, 1.807) is 0 Å². The van der Waals surface area contributed by atoms with Gasteiger partial charge >= 0.3 is 0 Å². The molecule has 0 unspecified atom stereocenters. The normalized spacial score (nSPS) is 33.9. The number of rotatable bonds is 3. The zero-order valence-electron chi connectivity index (χ0n) is 21.7. The number of ether oxygens (including phenoxy) is 2. The van der Waals surface area contributed by atoms with Gasteiger partial charge in [-0.2, -0.15) is 0 Å². The molecule has 4 bridgehead atoms. The SMILES string of the molecule is O=C1N[C@H]2C[C@@H](C(=O)NC[C@H]3O[C@H](CCOc4cc(C5CCCC5)ccc41)CC[C@@H]3O)N(CC1CC1)C2. The van der Waals surface area contributed by atoms with Gasteiger partial charge in [0.05, 0.1) is 30.4 Å². The monoisotopic (exact) mass is 511 g/mol. The number of carbonyl (C=O) groups is 2. The Morgan fingerprint density at radius 2 is 1.86 bits per heavy atom. The molecule has 6 rings (SSSR count). The van der Waals surface area contributed by atoms with Crippen LogP contribution in [0.2, 0.25) is 0 Å². The van der Waals surface area contributed by atoms with Crippen molar-refractivity contribution < 1.29 is 24.2 Å². The van der Waals surface area contributed by atoms with Crippen molar-refractivity contribution in [1.29, 1.82) is 0 Å². The summed E-state index contributed by atoms with van der Waals surface area (Å²) in [5.41, 5.74) is 1.82. The number of aliphatic hydroxyl groups is 1.